The van der Waals surface area contributed by atoms with E-state index in [0.717, 1.165) is 31.0 Å². The normalized spacial score (nSPS) is 15.6. The molecule has 0 spiro atoms. The second-order valence-electron chi connectivity index (χ2n) is 6.68. The number of nitrogens with zero attached hydrogens (tertiary/aromatic N) is 1. The van der Waals surface area contributed by atoms with Crippen molar-refractivity contribution in [1.29, 1.82) is 0 Å². The lowest BCUT2D eigenvalue weighted by Crippen LogP contribution is -2.28. The Balaban J connectivity index is 1.77. The zero-order valence-electron chi connectivity index (χ0n) is 16.4. The minimum atomic E-state index is -4.59. The van der Waals surface area contributed by atoms with Crippen LogP contribution < -0.4 is 4.90 Å². The fraction of sp³-hybridized carbons (Fsp3) is 0.227. The Labute approximate surface area is 180 Å². The van der Waals surface area contributed by atoms with E-state index in [9.17, 15) is 27.6 Å². The van der Waals surface area contributed by atoms with Crippen LogP contribution >= 0.6 is 11.8 Å². The Morgan fingerprint density at radius 1 is 1.13 bits per heavy atom. The molecule has 0 radical (unpaired) electrons. The number of alkyl halides is 3. The maximum Gasteiger partial charge on any atom is 0.416 e. The highest BCUT2D eigenvalue weighted by atomic mass is 32.2. The topological polar surface area (TPSA) is 63.7 Å². The molecule has 1 fully saturated rings. The third-order valence-electron chi connectivity index (χ3n) is 4.40. The van der Waals surface area contributed by atoms with E-state index in [0.29, 0.717) is 34.4 Å². The molecule has 5 nitrogen and oxygen atoms in total. The Kier molecular flexibility index (Phi) is 6.84. The van der Waals surface area contributed by atoms with Crippen molar-refractivity contribution in [3.05, 3.63) is 70.1 Å². The van der Waals surface area contributed by atoms with Crippen molar-refractivity contribution in [2.45, 2.75) is 25.9 Å². The number of carbonyl (C=O) groups is 3. The summed E-state index contributed by atoms with van der Waals surface area (Å²) in [5.74, 6) is -1.16. The molecule has 1 heterocycles. The van der Waals surface area contributed by atoms with Gasteiger partial charge in [0.25, 0.3) is 11.1 Å². The van der Waals surface area contributed by atoms with Gasteiger partial charge in [0.15, 0.2) is 0 Å². The van der Waals surface area contributed by atoms with Gasteiger partial charge in [-0.3, -0.25) is 9.59 Å². The fourth-order valence-corrected chi connectivity index (χ4v) is 3.61. The van der Waals surface area contributed by atoms with Crippen molar-refractivity contribution < 1.29 is 32.3 Å². The van der Waals surface area contributed by atoms with E-state index < -0.39 is 28.9 Å². The molecule has 2 aromatic carbocycles. The summed E-state index contributed by atoms with van der Waals surface area (Å²) in [5.41, 5.74) is -0.190. The van der Waals surface area contributed by atoms with Crippen molar-refractivity contribution in [2.24, 2.45) is 0 Å². The van der Waals surface area contributed by atoms with Crippen molar-refractivity contribution in [3.8, 4) is 0 Å². The second-order valence-corrected chi connectivity index (χ2v) is 7.67. The van der Waals surface area contributed by atoms with Gasteiger partial charge in [0.05, 0.1) is 28.3 Å². The quantitative estimate of drug-likeness (QED) is 0.312. The molecule has 9 heteroatoms. The number of hydrogen-bond donors (Lipinski definition) is 0. The number of halogens is 3. The van der Waals surface area contributed by atoms with Gasteiger partial charge >= 0.3 is 12.1 Å². The predicted molar refractivity (Wildman–Crippen MR) is 112 cm³/mol. The first-order chi connectivity index (χ1) is 14.7. The third-order valence-corrected chi connectivity index (χ3v) is 5.27. The first-order valence-corrected chi connectivity index (χ1v) is 10.2. The first-order valence-electron chi connectivity index (χ1n) is 9.43. The highest BCUT2D eigenvalue weighted by Gasteiger charge is 2.38. The molecule has 2 amide bonds. The van der Waals surface area contributed by atoms with Crippen molar-refractivity contribution in [1.82, 2.24) is 0 Å². The molecule has 1 aliphatic rings. The maximum absolute atomic E-state index is 13.0. The van der Waals surface area contributed by atoms with Gasteiger partial charge in [-0.2, -0.15) is 13.2 Å². The number of imide groups is 1. The van der Waals surface area contributed by atoms with E-state index in [1.165, 1.54) is 24.3 Å². The molecule has 0 unspecified atom stereocenters. The van der Waals surface area contributed by atoms with Crippen LogP contribution in [0.4, 0.5) is 23.7 Å². The minimum Gasteiger partial charge on any atom is -0.462 e. The molecule has 0 bridgehead atoms. The number of rotatable bonds is 6. The lowest BCUT2D eigenvalue weighted by molar-refractivity contribution is -0.137. The van der Waals surface area contributed by atoms with E-state index >= 15 is 0 Å². The molecular weight excluding hydrogens is 431 g/mol. The zero-order chi connectivity index (χ0) is 22.6. The Hall–Kier alpha value is -3.07. The standard InChI is InChI=1S/C22H18F3NO4S/c1-2-3-11-30-20(28)15-9-7-14(8-10-15)12-18-19(27)26(21(29)31-18)17-6-4-5-16(13-17)22(23,24)25/h4-10,12-13H,2-3,11H2,1H3. The molecule has 0 aliphatic carbocycles. The van der Waals surface area contributed by atoms with E-state index in [2.05, 4.69) is 0 Å². The summed E-state index contributed by atoms with van der Waals surface area (Å²) in [5, 5.41) is -0.688. The van der Waals surface area contributed by atoms with Crippen LogP contribution in [0.3, 0.4) is 0 Å². The van der Waals surface area contributed by atoms with Gasteiger partial charge in [-0.25, -0.2) is 9.69 Å². The van der Waals surface area contributed by atoms with Gasteiger partial charge in [0, 0.05) is 0 Å². The van der Waals surface area contributed by atoms with Gasteiger partial charge < -0.3 is 4.74 Å². The number of hydrogen-bond acceptors (Lipinski definition) is 5. The Morgan fingerprint density at radius 3 is 2.48 bits per heavy atom. The third kappa shape index (κ3) is 5.35. The molecule has 31 heavy (non-hydrogen) atoms. The fourth-order valence-electron chi connectivity index (χ4n) is 2.77. The van der Waals surface area contributed by atoms with Crippen molar-refractivity contribution in [3.63, 3.8) is 0 Å². The minimum absolute atomic E-state index is 0.0701. The summed E-state index contributed by atoms with van der Waals surface area (Å²) in [6, 6.07) is 10.3. The summed E-state index contributed by atoms with van der Waals surface area (Å²) in [6.45, 7) is 2.32. The molecule has 0 aromatic heterocycles. The highest BCUT2D eigenvalue weighted by molar-refractivity contribution is 8.19. The zero-order valence-corrected chi connectivity index (χ0v) is 17.3. The smallest absolute Gasteiger partial charge is 0.416 e. The first kappa shape index (κ1) is 22.6. The van der Waals surface area contributed by atoms with Crippen LogP contribution in [-0.2, 0) is 15.7 Å². The lowest BCUT2D eigenvalue weighted by Gasteiger charge is -2.14. The molecule has 162 valence electrons. The maximum atomic E-state index is 13.0. The molecule has 2 aromatic rings. The average Bonchev–Trinajstić information content (AvgIpc) is 3.01. The summed E-state index contributed by atoms with van der Waals surface area (Å²) in [6.07, 6.45) is -1.47. The highest BCUT2D eigenvalue weighted by Crippen LogP contribution is 2.38. The van der Waals surface area contributed by atoms with Crippen LogP contribution in [0.1, 0.15) is 41.3 Å². The number of amides is 2. The van der Waals surface area contributed by atoms with Gasteiger partial charge in [0.1, 0.15) is 0 Å². The van der Waals surface area contributed by atoms with Gasteiger partial charge in [0.2, 0.25) is 0 Å². The summed E-state index contributed by atoms with van der Waals surface area (Å²) in [7, 11) is 0. The van der Waals surface area contributed by atoms with Gasteiger partial charge in [-0.1, -0.05) is 31.5 Å². The number of anilines is 1. The van der Waals surface area contributed by atoms with Crippen LogP contribution in [0.25, 0.3) is 6.08 Å². The lowest BCUT2D eigenvalue weighted by atomic mass is 10.1. The Morgan fingerprint density at radius 2 is 1.84 bits per heavy atom. The molecular formula is C22H18F3NO4S. The summed E-state index contributed by atoms with van der Waals surface area (Å²) in [4.78, 5) is 37.7. The molecule has 0 saturated carbocycles. The van der Waals surface area contributed by atoms with E-state index in [4.69, 9.17) is 4.74 Å². The summed E-state index contributed by atoms with van der Waals surface area (Å²) < 4.78 is 44.0. The Bertz CT molecular complexity index is 1030. The number of carbonyl (C=O) groups excluding carboxylic acids is 3. The van der Waals surface area contributed by atoms with Crippen LogP contribution in [0.5, 0.6) is 0 Å². The van der Waals surface area contributed by atoms with Crippen molar-refractivity contribution >= 4 is 40.6 Å². The largest absolute Gasteiger partial charge is 0.462 e. The SMILES string of the molecule is CCCCOC(=O)c1ccc(C=C2SC(=O)N(c3cccc(C(F)(F)F)c3)C2=O)cc1. The monoisotopic (exact) mass is 449 g/mol. The van der Waals surface area contributed by atoms with Crippen LogP contribution in [0.2, 0.25) is 0 Å². The summed E-state index contributed by atoms with van der Waals surface area (Å²) >= 11 is 0.635. The number of benzene rings is 2. The molecule has 1 saturated heterocycles. The number of unbranched alkanes of at least 4 members (excludes halogenated alkanes) is 1. The number of esters is 1. The van der Waals surface area contributed by atoms with Gasteiger partial charge in [-0.15, -0.1) is 0 Å². The predicted octanol–water partition coefficient (Wildman–Crippen LogP) is 5.90. The van der Waals surface area contributed by atoms with Gasteiger partial charge in [-0.05, 0) is 60.2 Å². The molecule has 1 aliphatic heterocycles. The number of ether oxygens (including phenoxy) is 1. The van der Waals surface area contributed by atoms with E-state index in [1.54, 1.807) is 12.1 Å². The van der Waals surface area contributed by atoms with E-state index in [1.807, 2.05) is 6.92 Å². The van der Waals surface area contributed by atoms with Crippen LogP contribution in [0.15, 0.2) is 53.4 Å². The van der Waals surface area contributed by atoms with Crippen molar-refractivity contribution in [2.75, 3.05) is 11.5 Å². The molecule has 0 atom stereocenters. The van der Waals surface area contributed by atoms with E-state index in [-0.39, 0.29) is 10.6 Å². The van der Waals surface area contributed by atoms with Crippen LogP contribution in [0, 0.1) is 0 Å². The molecule has 3 rings (SSSR count). The second kappa shape index (κ2) is 9.38. The molecule has 0 N–H and O–H groups in total. The average molecular weight is 449 g/mol. The number of thioether (sulfide) groups is 1. The van der Waals surface area contributed by atoms with Crippen LogP contribution in [-0.4, -0.2) is 23.7 Å².